The SMILES string of the molecule is C[Si](C)(C)C=C=C1CC/C=C\CCC1. The highest BCUT2D eigenvalue weighted by molar-refractivity contribution is 6.80. The predicted octanol–water partition coefficient (Wildman–Crippen LogP) is 4.47. The Hall–Kier alpha value is -0.523. The van der Waals surface area contributed by atoms with Crippen molar-refractivity contribution in [2.45, 2.75) is 51.7 Å². The van der Waals surface area contributed by atoms with Crippen LogP contribution >= 0.6 is 0 Å². The summed E-state index contributed by atoms with van der Waals surface area (Å²) < 4.78 is 0. The summed E-state index contributed by atoms with van der Waals surface area (Å²) >= 11 is 0. The van der Waals surface area contributed by atoms with Gasteiger partial charge in [-0.05, 0) is 37.7 Å². The van der Waals surface area contributed by atoms with Crippen LogP contribution in [0.5, 0.6) is 0 Å². The van der Waals surface area contributed by atoms with Crippen LogP contribution in [-0.2, 0) is 0 Å². The molecule has 0 unspecified atom stereocenters. The molecule has 0 saturated heterocycles. The minimum atomic E-state index is -1.05. The summed E-state index contributed by atoms with van der Waals surface area (Å²) in [7, 11) is -1.05. The van der Waals surface area contributed by atoms with Gasteiger partial charge in [0.05, 0.1) is 8.07 Å². The Kier molecular flexibility index (Phi) is 4.44. The number of hydrogen-bond acceptors (Lipinski definition) is 0. The van der Waals surface area contributed by atoms with Gasteiger partial charge in [0.15, 0.2) is 0 Å². The quantitative estimate of drug-likeness (QED) is 0.337. The molecule has 0 fully saturated rings. The zero-order chi connectivity index (χ0) is 10.4. The van der Waals surface area contributed by atoms with Crippen molar-refractivity contribution in [2.24, 2.45) is 0 Å². The molecular formula is C13H22Si. The van der Waals surface area contributed by atoms with E-state index in [2.05, 4.69) is 43.2 Å². The van der Waals surface area contributed by atoms with Crippen LogP contribution in [0.4, 0.5) is 0 Å². The van der Waals surface area contributed by atoms with E-state index in [9.17, 15) is 0 Å². The monoisotopic (exact) mass is 206 g/mol. The molecule has 0 saturated carbocycles. The molecule has 78 valence electrons. The summed E-state index contributed by atoms with van der Waals surface area (Å²) in [5.41, 5.74) is 7.44. The van der Waals surface area contributed by atoms with Crippen molar-refractivity contribution in [3.63, 3.8) is 0 Å². The average Bonchev–Trinajstić information content (AvgIpc) is 2.00. The molecule has 1 heteroatoms. The highest BCUT2D eigenvalue weighted by atomic mass is 28.3. The fourth-order valence-corrected chi connectivity index (χ4v) is 2.15. The fraction of sp³-hybridized carbons (Fsp3) is 0.615. The lowest BCUT2D eigenvalue weighted by Crippen LogP contribution is -2.14. The van der Waals surface area contributed by atoms with Crippen molar-refractivity contribution in [1.29, 1.82) is 0 Å². The van der Waals surface area contributed by atoms with Crippen LogP contribution in [0, 0.1) is 0 Å². The van der Waals surface area contributed by atoms with E-state index in [4.69, 9.17) is 0 Å². The highest BCUT2D eigenvalue weighted by Gasteiger charge is 2.07. The summed E-state index contributed by atoms with van der Waals surface area (Å²) in [6.07, 6.45) is 10.9. The largest absolute Gasteiger partial charge is 0.130 e. The lowest BCUT2D eigenvalue weighted by Gasteiger charge is -2.08. The number of hydrogen-bond donors (Lipinski definition) is 0. The minimum Gasteiger partial charge on any atom is -0.130 e. The Labute approximate surface area is 89.4 Å². The van der Waals surface area contributed by atoms with Crippen LogP contribution in [0.1, 0.15) is 32.1 Å². The molecule has 0 bridgehead atoms. The molecule has 1 aliphatic carbocycles. The van der Waals surface area contributed by atoms with Gasteiger partial charge in [0.1, 0.15) is 0 Å². The molecule has 1 rings (SSSR count). The summed E-state index contributed by atoms with van der Waals surface area (Å²) in [4.78, 5) is 0. The van der Waals surface area contributed by atoms with Crippen molar-refractivity contribution < 1.29 is 0 Å². The van der Waals surface area contributed by atoms with Crippen molar-refractivity contribution in [2.75, 3.05) is 0 Å². The lowest BCUT2D eigenvalue weighted by molar-refractivity contribution is 0.766. The van der Waals surface area contributed by atoms with Gasteiger partial charge in [-0.3, -0.25) is 0 Å². The topological polar surface area (TPSA) is 0 Å². The van der Waals surface area contributed by atoms with Gasteiger partial charge in [0.25, 0.3) is 0 Å². The summed E-state index contributed by atoms with van der Waals surface area (Å²) in [6, 6.07) is 0. The predicted molar refractivity (Wildman–Crippen MR) is 67.2 cm³/mol. The molecule has 0 radical (unpaired) electrons. The first-order valence-corrected chi connectivity index (χ1v) is 9.26. The molecule has 14 heavy (non-hydrogen) atoms. The first-order valence-electron chi connectivity index (χ1n) is 5.68. The van der Waals surface area contributed by atoms with Gasteiger partial charge in [-0.25, -0.2) is 0 Å². The third-order valence-electron chi connectivity index (χ3n) is 2.34. The third kappa shape index (κ3) is 5.26. The van der Waals surface area contributed by atoms with Crippen molar-refractivity contribution in [1.82, 2.24) is 0 Å². The molecule has 0 aromatic heterocycles. The normalized spacial score (nSPS) is 20.6. The van der Waals surface area contributed by atoms with Gasteiger partial charge in [-0.2, -0.15) is 0 Å². The Balaban J connectivity index is 2.66. The second-order valence-electron chi connectivity index (χ2n) is 5.16. The van der Waals surface area contributed by atoms with Gasteiger partial charge in [0, 0.05) is 0 Å². The van der Waals surface area contributed by atoms with Crippen LogP contribution in [0.15, 0.2) is 29.2 Å². The standard InChI is InChI=1S/C13H22Si/c1-14(2,3)12-11-13-9-7-5-4-6-8-10-13/h4-5,12H,6-10H2,1-3H3/b5-4-. The maximum absolute atomic E-state index is 3.55. The maximum Gasteiger partial charge on any atom is 0.0781 e. The molecule has 0 aliphatic heterocycles. The van der Waals surface area contributed by atoms with E-state index in [0.29, 0.717) is 0 Å². The zero-order valence-corrected chi connectivity index (χ0v) is 10.8. The van der Waals surface area contributed by atoms with E-state index in [1.807, 2.05) is 0 Å². The van der Waals surface area contributed by atoms with Crippen molar-refractivity contribution in [3.05, 3.63) is 29.2 Å². The molecule has 0 nitrogen and oxygen atoms in total. The molecule has 0 amide bonds. The van der Waals surface area contributed by atoms with Gasteiger partial charge in [-0.1, -0.05) is 37.5 Å². The molecule has 0 aromatic rings. The van der Waals surface area contributed by atoms with Crippen LogP contribution < -0.4 is 0 Å². The Morgan fingerprint density at radius 1 is 1.14 bits per heavy atom. The molecule has 0 aromatic carbocycles. The highest BCUT2D eigenvalue weighted by Crippen LogP contribution is 2.17. The van der Waals surface area contributed by atoms with Gasteiger partial charge >= 0.3 is 0 Å². The van der Waals surface area contributed by atoms with E-state index >= 15 is 0 Å². The molecular weight excluding hydrogens is 184 g/mol. The third-order valence-corrected chi connectivity index (χ3v) is 3.35. The van der Waals surface area contributed by atoms with Crippen LogP contribution in [0.25, 0.3) is 0 Å². The molecule has 0 spiro atoms. The van der Waals surface area contributed by atoms with Gasteiger partial charge in [-0.15, -0.1) is 5.73 Å². The zero-order valence-electron chi connectivity index (χ0n) is 9.77. The summed E-state index contributed by atoms with van der Waals surface area (Å²) in [6.45, 7) is 7.09. The van der Waals surface area contributed by atoms with Crippen LogP contribution in [0.2, 0.25) is 19.6 Å². The Morgan fingerprint density at radius 2 is 1.86 bits per heavy atom. The summed E-state index contributed by atoms with van der Waals surface area (Å²) in [5.74, 6) is 0. The van der Waals surface area contributed by atoms with Crippen molar-refractivity contribution in [3.8, 4) is 0 Å². The Morgan fingerprint density at radius 3 is 2.57 bits per heavy atom. The van der Waals surface area contributed by atoms with E-state index in [1.165, 1.54) is 37.7 Å². The molecule has 1 aliphatic rings. The number of allylic oxidation sites excluding steroid dienone is 3. The van der Waals surface area contributed by atoms with Crippen LogP contribution in [0.3, 0.4) is 0 Å². The summed E-state index contributed by atoms with van der Waals surface area (Å²) in [5, 5.41) is 0. The number of rotatable bonds is 1. The minimum absolute atomic E-state index is 1.05. The first-order chi connectivity index (χ1) is 6.58. The van der Waals surface area contributed by atoms with E-state index in [1.54, 1.807) is 0 Å². The average molecular weight is 206 g/mol. The maximum atomic E-state index is 3.55. The van der Waals surface area contributed by atoms with E-state index in [-0.39, 0.29) is 0 Å². The van der Waals surface area contributed by atoms with Crippen molar-refractivity contribution >= 4 is 8.07 Å². The Bertz CT molecular complexity index is 259. The van der Waals surface area contributed by atoms with Gasteiger partial charge in [0.2, 0.25) is 0 Å². The fourth-order valence-electron chi connectivity index (χ4n) is 1.51. The first kappa shape index (κ1) is 11.6. The molecule has 0 N–H and O–H groups in total. The van der Waals surface area contributed by atoms with E-state index < -0.39 is 8.07 Å². The molecule has 0 atom stereocenters. The second-order valence-corrected chi connectivity index (χ2v) is 10.2. The van der Waals surface area contributed by atoms with Crippen LogP contribution in [-0.4, -0.2) is 8.07 Å². The van der Waals surface area contributed by atoms with Gasteiger partial charge < -0.3 is 0 Å². The lowest BCUT2D eigenvalue weighted by atomic mass is 10.0. The second kappa shape index (κ2) is 5.38. The molecule has 0 heterocycles. The smallest absolute Gasteiger partial charge is 0.0781 e. The van der Waals surface area contributed by atoms with E-state index in [0.717, 1.165) is 0 Å².